The van der Waals surface area contributed by atoms with Gasteiger partial charge in [-0.25, -0.2) is 0 Å². The van der Waals surface area contributed by atoms with Crippen molar-refractivity contribution in [2.24, 2.45) is 0 Å². The van der Waals surface area contributed by atoms with Gasteiger partial charge in [-0.15, -0.1) is 0 Å². The predicted molar refractivity (Wildman–Crippen MR) is 42.4 cm³/mol. The summed E-state index contributed by atoms with van der Waals surface area (Å²) in [5.74, 6) is 0. The van der Waals surface area contributed by atoms with Crippen molar-refractivity contribution in [2.45, 2.75) is 24.9 Å². The van der Waals surface area contributed by atoms with Crippen LogP contribution in [0.2, 0.25) is 0 Å². The number of hydrogen-bond acceptors (Lipinski definition) is 3. The highest BCUT2D eigenvalue weighted by Gasteiger charge is 2.30. The molecule has 0 saturated carbocycles. The summed E-state index contributed by atoms with van der Waals surface area (Å²) in [7, 11) is 2.03. The van der Waals surface area contributed by atoms with Crippen molar-refractivity contribution in [1.29, 1.82) is 0 Å². The van der Waals surface area contributed by atoms with Crippen molar-refractivity contribution in [3.8, 4) is 0 Å². The number of likely N-dealkylation sites (tertiary alicyclic amines) is 1. The Hall–Kier alpha value is -0.410. The summed E-state index contributed by atoms with van der Waals surface area (Å²) in [6.07, 6.45) is 2.55. The molecule has 0 aromatic rings. The Labute approximate surface area is 67.0 Å². The van der Waals surface area contributed by atoms with Crippen molar-refractivity contribution < 1.29 is 9.90 Å². The molecule has 0 amide bonds. The molecule has 0 aromatic heterocycles. The van der Waals surface area contributed by atoms with Gasteiger partial charge in [0, 0.05) is 19.5 Å². The van der Waals surface area contributed by atoms with E-state index in [0.29, 0.717) is 6.42 Å². The zero-order valence-corrected chi connectivity index (χ0v) is 6.92. The second-order valence-electron chi connectivity index (χ2n) is 3.40. The number of carbonyl (C=O) groups is 1. The van der Waals surface area contributed by atoms with Crippen LogP contribution in [0, 0.1) is 0 Å². The minimum atomic E-state index is -0.700. The van der Waals surface area contributed by atoms with Gasteiger partial charge in [-0.2, -0.15) is 0 Å². The van der Waals surface area contributed by atoms with Crippen LogP contribution >= 0.6 is 0 Å². The van der Waals surface area contributed by atoms with Gasteiger partial charge in [0.05, 0.1) is 5.60 Å². The highest BCUT2D eigenvalue weighted by molar-refractivity contribution is 5.51. The summed E-state index contributed by atoms with van der Waals surface area (Å²) in [4.78, 5) is 12.4. The average molecular weight is 157 g/mol. The molecule has 3 heteroatoms. The van der Waals surface area contributed by atoms with Crippen molar-refractivity contribution in [3.05, 3.63) is 0 Å². The average Bonchev–Trinajstić information content (AvgIpc) is 1.97. The number of aliphatic hydroxyl groups is 1. The summed E-state index contributed by atoms with van der Waals surface area (Å²) < 4.78 is 0. The van der Waals surface area contributed by atoms with Gasteiger partial charge in [0.1, 0.15) is 6.29 Å². The minimum absolute atomic E-state index is 0.292. The van der Waals surface area contributed by atoms with E-state index in [2.05, 4.69) is 4.90 Å². The van der Waals surface area contributed by atoms with Crippen molar-refractivity contribution >= 4 is 6.29 Å². The molecular weight excluding hydrogens is 142 g/mol. The van der Waals surface area contributed by atoms with Gasteiger partial charge < -0.3 is 14.8 Å². The zero-order chi connectivity index (χ0) is 8.32. The molecule has 0 bridgehead atoms. The molecule has 0 aromatic carbocycles. The van der Waals surface area contributed by atoms with E-state index in [1.54, 1.807) is 0 Å². The number of hydrogen-bond donors (Lipinski definition) is 1. The Kier molecular flexibility index (Phi) is 2.62. The summed E-state index contributed by atoms with van der Waals surface area (Å²) in [5, 5.41) is 9.73. The fourth-order valence-electron chi connectivity index (χ4n) is 1.39. The summed E-state index contributed by atoms with van der Waals surface area (Å²) in [6, 6.07) is 0. The lowest BCUT2D eigenvalue weighted by atomic mass is 9.89. The topological polar surface area (TPSA) is 40.5 Å². The molecule has 0 aliphatic carbocycles. The Morgan fingerprint density at radius 3 is 2.55 bits per heavy atom. The molecule has 1 saturated heterocycles. The highest BCUT2D eigenvalue weighted by Crippen LogP contribution is 2.23. The highest BCUT2D eigenvalue weighted by atomic mass is 16.3. The molecule has 0 radical (unpaired) electrons. The van der Waals surface area contributed by atoms with Gasteiger partial charge in [0.25, 0.3) is 0 Å². The minimum Gasteiger partial charge on any atom is -0.389 e. The standard InChI is InChI=1S/C8H15NO2/c1-9-5-2-8(11,3-6-9)4-7-10/h7,11H,2-6H2,1H3. The first-order chi connectivity index (χ1) is 5.16. The summed E-state index contributed by atoms with van der Waals surface area (Å²) in [6.45, 7) is 1.79. The van der Waals surface area contributed by atoms with Gasteiger partial charge in [0.2, 0.25) is 0 Å². The van der Waals surface area contributed by atoms with Crippen LogP contribution in [0.15, 0.2) is 0 Å². The van der Waals surface area contributed by atoms with E-state index in [0.717, 1.165) is 32.2 Å². The molecule has 1 fully saturated rings. The largest absolute Gasteiger partial charge is 0.389 e. The molecule has 3 nitrogen and oxygen atoms in total. The molecule has 0 unspecified atom stereocenters. The molecule has 1 rings (SSSR count). The van der Waals surface area contributed by atoms with Crippen LogP contribution in [0.5, 0.6) is 0 Å². The monoisotopic (exact) mass is 157 g/mol. The zero-order valence-electron chi connectivity index (χ0n) is 6.92. The van der Waals surface area contributed by atoms with Gasteiger partial charge in [0.15, 0.2) is 0 Å². The van der Waals surface area contributed by atoms with Crippen LogP contribution in [0.3, 0.4) is 0 Å². The fraction of sp³-hybridized carbons (Fsp3) is 0.875. The first-order valence-corrected chi connectivity index (χ1v) is 4.01. The maximum Gasteiger partial charge on any atom is 0.122 e. The maximum atomic E-state index is 10.2. The fourth-order valence-corrected chi connectivity index (χ4v) is 1.39. The first-order valence-electron chi connectivity index (χ1n) is 4.01. The molecule has 1 aliphatic rings. The normalized spacial score (nSPS) is 24.9. The molecular formula is C8H15NO2. The third-order valence-electron chi connectivity index (χ3n) is 2.38. The van der Waals surface area contributed by atoms with Crippen LogP contribution in [0.4, 0.5) is 0 Å². The molecule has 0 atom stereocenters. The molecule has 11 heavy (non-hydrogen) atoms. The van der Waals surface area contributed by atoms with Crippen LogP contribution in [-0.4, -0.2) is 42.0 Å². The van der Waals surface area contributed by atoms with E-state index < -0.39 is 5.60 Å². The number of carbonyl (C=O) groups excluding carboxylic acids is 1. The molecule has 0 spiro atoms. The Balaban J connectivity index is 2.41. The van der Waals surface area contributed by atoms with E-state index in [1.807, 2.05) is 7.05 Å². The van der Waals surface area contributed by atoms with Gasteiger partial charge in [-0.1, -0.05) is 0 Å². The number of piperidine rings is 1. The van der Waals surface area contributed by atoms with Crippen LogP contribution in [-0.2, 0) is 4.79 Å². The predicted octanol–water partition coefficient (Wildman–Crippen LogP) is 0.0321. The third-order valence-corrected chi connectivity index (χ3v) is 2.38. The van der Waals surface area contributed by atoms with Crippen molar-refractivity contribution in [1.82, 2.24) is 4.90 Å². The molecule has 1 heterocycles. The Morgan fingerprint density at radius 2 is 2.09 bits per heavy atom. The van der Waals surface area contributed by atoms with Crippen LogP contribution < -0.4 is 0 Å². The summed E-state index contributed by atoms with van der Waals surface area (Å²) in [5.41, 5.74) is -0.700. The van der Waals surface area contributed by atoms with Crippen LogP contribution in [0.25, 0.3) is 0 Å². The first kappa shape index (κ1) is 8.68. The van der Waals surface area contributed by atoms with Crippen molar-refractivity contribution in [2.75, 3.05) is 20.1 Å². The Morgan fingerprint density at radius 1 is 1.55 bits per heavy atom. The van der Waals surface area contributed by atoms with Gasteiger partial charge in [-0.05, 0) is 19.9 Å². The smallest absolute Gasteiger partial charge is 0.122 e. The van der Waals surface area contributed by atoms with E-state index in [-0.39, 0.29) is 0 Å². The van der Waals surface area contributed by atoms with Gasteiger partial charge >= 0.3 is 0 Å². The third kappa shape index (κ3) is 2.27. The Bertz CT molecular complexity index is 139. The van der Waals surface area contributed by atoms with E-state index in [1.165, 1.54) is 0 Å². The molecule has 1 N–H and O–H groups in total. The lowest BCUT2D eigenvalue weighted by Gasteiger charge is -2.35. The lowest BCUT2D eigenvalue weighted by molar-refractivity contribution is -0.114. The quantitative estimate of drug-likeness (QED) is 0.575. The van der Waals surface area contributed by atoms with Crippen molar-refractivity contribution in [3.63, 3.8) is 0 Å². The van der Waals surface area contributed by atoms with E-state index >= 15 is 0 Å². The maximum absolute atomic E-state index is 10.2. The molecule has 1 aliphatic heterocycles. The summed E-state index contributed by atoms with van der Waals surface area (Å²) >= 11 is 0. The SMILES string of the molecule is CN1CCC(O)(CC=O)CC1. The molecule has 64 valence electrons. The van der Waals surface area contributed by atoms with Crippen LogP contribution in [0.1, 0.15) is 19.3 Å². The lowest BCUT2D eigenvalue weighted by Crippen LogP contribution is -2.42. The second-order valence-corrected chi connectivity index (χ2v) is 3.40. The van der Waals surface area contributed by atoms with E-state index in [4.69, 9.17) is 0 Å². The number of rotatable bonds is 2. The number of aldehydes is 1. The van der Waals surface area contributed by atoms with Gasteiger partial charge in [-0.3, -0.25) is 0 Å². The van der Waals surface area contributed by atoms with E-state index in [9.17, 15) is 9.90 Å². The number of nitrogens with zero attached hydrogens (tertiary/aromatic N) is 1. The second kappa shape index (κ2) is 3.32.